The second-order valence-corrected chi connectivity index (χ2v) is 9.97. The van der Waals surface area contributed by atoms with Gasteiger partial charge in [0.25, 0.3) is 5.56 Å². The van der Waals surface area contributed by atoms with E-state index in [1.165, 1.54) is 38.2 Å². The second-order valence-electron chi connectivity index (χ2n) is 7.16. The van der Waals surface area contributed by atoms with Crippen LogP contribution < -0.4 is 5.56 Å². The standard InChI is InChI=1S/C20H21N3O5S2/c1-14-5-6-16(30(26,27)22-7-3-2-4-8-22)12-17(14)19(25)28-13-15-11-18(24)23-9-10-29-20(23)21-15/h5-6,9-12H,2-4,7-8,13H2,1H3. The quantitative estimate of drug-likeness (QED) is 0.558. The Labute approximate surface area is 177 Å². The van der Waals surface area contributed by atoms with Gasteiger partial charge in [-0.25, -0.2) is 18.2 Å². The molecule has 1 aromatic carbocycles. The van der Waals surface area contributed by atoms with E-state index < -0.39 is 16.0 Å². The molecule has 0 radical (unpaired) electrons. The first-order valence-electron chi connectivity index (χ1n) is 9.60. The molecule has 2 aromatic heterocycles. The maximum absolute atomic E-state index is 12.9. The lowest BCUT2D eigenvalue weighted by atomic mass is 10.1. The van der Waals surface area contributed by atoms with Crippen LogP contribution in [0.3, 0.4) is 0 Å². The van der Waals surface area contributed by atoms with Gasteiger partial charge in [-0.05, 0) is 37.5 Å². The number of esters is 1. The molecule has 4 rings (SSSR count). The Hall–Kier alpha value is -2.56. The van der Waals surface area contributed by atoms with Crippen molar-refractivity contribution in [1.29, 1.82) is 0 Å². The molecule has 3 aromatic rings. The number of rotatable bonds is 5. The number of fused-ring (bicyclic) bond motifs is 1. The molecule has 0 bridgehead atoms. The van der Waals surface area contributed by atoms with E-state index >= 15 is 0 Å². The summed E-state index contributed by atoms with van der Waals surface area (Å²) < 4.78 is 34.0. The smallest absolute Gasteiger partial charge is 0.338 e. The number of piperidine rings is 1. The summed E-state index contributed by atoms with van der Waals surface area (Å²) in [7, 11) is -3.65. The van der Waals surface area contributed by atoms with Crippen LogP contribution in [0.1, 0.15) is 40.9 Å². The molecule has 0 spiro atoms. The van der Waals surface area contributed by atoms with E-state index in [4.69, 9.17) is 4.74 Å². The molecule has 1 fully saturated rings. The van der Waals surface area contributed by atoms with Crippen molar-refractivity contribution in [3.8, 4) is 0 Å². The van der Waals surface area contributed by atoms with Crippen LogP contribution in [0.5, 0.6) is 0 Å². The minimum absolute atomic E-state index is 0.0818. The number of aromatic nitrogens is 2. The molecule has 1 aliphatic rings. The molecule has 0 aliphatic carbocycles. The predicted molar refractivity (Wildman–Crippen MR) is 112 cm³/mol. The van der Waals surface area contributed by atoms with Crippen LogP contribution in [0.2, 0.25) is 0 Å². The number of benzene rings is 1. The van der Waals surface area contributed by atoms with E-state index in [-0.39, 0.29) is 22.6 Å². The van der Waals surface area contributed by atoms with Crippen molar-refractivity contribution < 1.29 is 17.9 Å². The number of carbonyl (C=O) groups excluding carboxylic acids is 1. The fraction of sp³-hybridized carbons (Fsp3) is 0.350. The van der Waals surface area contributed by atoms with E-state index in [0.29, 0.717) is 29.3 Å². The Morgan fingerprint density at radius 3 is 2.73 bits per heavy atom. The van der Waals surface area contributed by atoms with Crippen LogP contribution in [0, 0.1) is 6.92 Å². The zero-order valence-electron chi connectivity index (χ0n) is 16.4. The molecule has 0 unspecified atom stereocenters. The third kappa shape index (κ3) is 4.03. The van der Waals surface area contributed by atoms with Crippen molar-refractivity contribution in [2.75, 3.05) is 13.1 Å². The molecule has 10 heteroatoms. The third-order valence-corrected chi connectivity index (χ3v) is 7.74. The van der Waals surface area contributed by atoms with Crippen LogP contribution in [0.15, 0.2) is 45.5 Å². The summed E-state index contributed by atoms with van der Waals surface area (Å²) in [6.07, 6.45) is 4.32. The van der Waals surface area contributed by atoms with E-state index in [1.54, 1.807) is 24.6 Å². The number of ether oxygens (including phenoxy) is 1. The van der Waals surface area contributed by atoms with Gasteiger partial charge in [-0.2, -0.15) is 4.31 Å². The summed E-state index contributed by atoms with van der Waals surface area (Å²) in [6.45, 7) is 2.52. The zero-order chi connectivity index (χ0) is 21.3. The topological polar surface area (TPSA) is 98.0 Å². The fourth-order valence-electron chi connectivity index (χ4n) is 3.41. The van der Waals surface area contributed by atoms with Crippen molar-refractivity contribution in [3.63, 3.8) is 0 Å². The molecular weight excluding hydrogens is 426 g/mol. The molecule has 0 saturated carbocycles. The number of carbonyl (C=O) groups is 1. The highest BCUT2D eigenvalue weighted by atomic mass is 32.2. The molecule has 1 aliphatic heterocycles. The molecule has 3 heterocycles. The van der Waals surface area contributed by atoms with Gasteiger partial charge in [-0.3, -0.25) is 9.20 Å². The number of sulfonamides is 1. The van der Waals surface area contributed by atoms with Crippen molar-refractivity contribution in [1.82, 2.24) is 13.7 Å². The molecule has 30 heavy (non-hydrogen) atoms. The van der Waals surface area contributed by atoms with Crippen LogP contribution in [-0.2, 0) is 21.4 Å². The Morgan fingerprint density at radius 2 is 1.97 bits per heavy atom. The number of thiazole rings is 1. The Bertz CT molecular complexity index is 1260. The number of nitrogens with zero attached hydrogens (tertiary/aromatic N) is 3. The van der Waals surface area contributed by atoms with Crippen LogP contribution >= 0.6 is 11.3 Å². The highest BCUT2D eigenvalue weighted by Crippen LogP contribution is 2.23. The maximum Gasteiger partial charge on any atom is 0.338 e. The second kappa shape index (κ2) is 8.29. The van der Waals surface area contributed by atoms with E-state index in [2.05, 4.69) is 4.98 Å². The van der Waals surface area contributed by atoms with Gasteiger partial charge in [0.2, 0.25) is 10.0 Å². The molecule has 0 amide bonds. The van der Waals surface area contributed by atoms with Gasteiger partial charge >= 0.3 is 5.97 Å². The highest BCUT2D eigenvalue weighted by molar-refractivity contribution is 7.89. The van der Waals surface area contributed by atoms with Gasteiger partial charge in [-0.15, -0.1) is 11.3 Å². The lowest BCUT2D eigenvalue weighted by molar-refractivity contribution is 0.0466. The number of hydrogen-bond acceptors (Lipinski definition) is 7. The summed E-state index contributed by atoms with van der Waals surface area (Å²) in [4.78, 5) is 29.6. The molecular formula is C20H21N3O5S2. The van der Waals surface area contributed by atoms with E-state index in [9.17, 15) is 18.0 Å². The molecule has 0 N–H and O–H groups in total. The predicted octanol–water partition coefficient (Wildman–Crippen LogP) is 2.60. The SMILES string of the molecule is Cc1ccc(S(=O)(=O)N2CCCCC2)cc1C(=O)OCc1cc(=O)n2ccsc2n1. The highest BCUT2D eigenvalue weighted by Gasteiger charge is 2.27. The van der Waals surface area contributed by atoms with Gasteiger partial charge < -0.3 is 4.74 Å². The van der Waals surface area contributed by atoms with Crippen molar-refractivity contribution in [3.05, 3.63) is 63.0 Å². The Morgan fingerprint density at radius 1 is 1.20 bits per heavy atom. The summed E-state index contributed by atoms with van der Waals surface area (Å²) in [5.74, 6) is -0.656. The van der Waals surface area contributed by atoms with Gasteiger partial charge in [0.1, 0.15) is 6.61 Å². The third-order valence-electron chi connectivity index (χ3n) is 5.09. The first-order chi connectivity index (χ1) is 14.4. The molecule has 0 atom stereocenters. The summed E-state index contributed by atoms with van der Waals surface area (Å²) in [5.41, 5.74) is 0.880. The van der Waals surface area contributed by atoms with Crippen LogP contribution in [0.25, 0.3) is 4.96 Å². The average Bonchev–Trinajstić information content (AvgIpc) is 3.22. The summed E-state index contributed by atoms with van der Waals surface area (Å²) in [6, 6.07) is 5.81. The molecule has 1 saturated heterocycles. The van der Waals surface area contributed by atoms with Gasteiger partial charge in [0.15, 0.2) is 4.96 Å². The van der Waals surface area contributed by atoms with Crippen LogP contribution in [0.4, 0.5) is 0 Å². The minimum atomic E-state index is -3.65. The van der Waals surface area contributed by atoms with Crippen molar-refractivity contribution >= 4 is 32.3 Å². The maximum atomic E-state index is 12.9. The number of aryl methyl sites for hydroxylation is 1. The lowest BCUT2D eigenvalue weighted by Gasteiger charge is -2.26. The van der Waals surface area contributed by atoms with E-state index in [1.807, 2.05) is 0 Å². The summed E-state index contributed by atoms with van der Waals surface area (Å²) >= 11 is 1.31. The zero-order valence-corrected chi connectivity index (χ0v) is 18.0. The van der Waals surface area contributed by atoms with E-state index in [0.717, 1.165) is 19.3 Å². The first kappa shape index (κ1) is 20.7. The van der Waals surface area contributed by atoms with Gasteiger partial charge in [-0.1, -0.05) is 12.5 Å². The van der Waals surface area contributed by atoms with Crippen molar-refractivity contribution in [2.24, 2.45) is 0 Å². The fourth-order valence-corrected chi connectivity index (χ4v) is 5.70. The van der Waals surface area contributed by atoms with Gasteiger partial charge in [0.05, 0.1) is 16.2 Å². The summed E-state index contributed by atoms with van der Waals surface area (Å²) in [5, 5.41) is 1.75. The first-order valence-corrected chi connectivity index (χ1v) is 11.9. The normalized spacial score (nSPS) is 15.4. The molecule has 158 valence electrons. The Balaban J connectivity index is 1.54. The number of hydrogen-bond donors (Lipinski definition) is 0. The minimum Gasteiger partial charge on any atom is -0.456 e. The largest absolute Gasteiger partial charge is 0.456 e. The van der Waals surface area contributed by atoms with Crippen molar-refractivity contribution in [2.45, 2.75) is 37.7 Å². The monoisotopic (exact) mass is 447 g/mol. The lowest BCUT2D eigenvalue weighted by Crippen LogP contribution is -2.35. The van der Waals surface area contributed by atoms with Crippen LogP contribution in [-0.4, -0.2) is 41.2 Å². The molecule has 8 nitrogen and oxygen atoms in total. The average molecular weight is 448 g/mol. The Kier molecular flexibility index (Phi) is 5.72. The van der Waals surface area contributed by atoms with Gasteiger partial charge in [0, 0.05) is 30.7 Å².